The second kappa shape index (κ2) is 7.88. The van der Waals surface area contributed by atoms with Gasteiger partial charge >= 0.3 is 5.97 Å². The number of carboxylic acid groups (broad SMARTS) is 1. The molecule has 5 nitrogen and oxygen atoms in total. The second-order valence-corrected chi connectivity index (χ2v) is 5.59. The van der Waals surface area contributed by atoms with Crippen molar-refractivity contribution in [2.75, 3.05) is 6.54 Å². The highest BCUT2D eigenvalue weighted by Crippen LogP contribution is 2.22. The van der Waals surface area contributed by atoms with E-state index in [1.54, 1.807) is 6.92 Å². The molecule has 6 heteroatoms. The zero-order valence-electron chi connectivity index (χ0n) is 12.4. The smallest absolute Gasteiger partial charge is 0.337 e. The van der Waals surface area contributed by atoms with Crippen molar-refractivity contribution in [3.63, 3.8) is 0 Å². The maximum atomic E-state index is 11.8. The Bertz CT molecular complexity index is 516. The molecule has 0 saturated heterocycles. The quantitative estimate of drug-likeness (QED) is 0.811. The molecule has 116 valence electrons. The fourth-order valence-corrected chi connectivity index (χ4v) is 1.83. The minimum atomic E-state index is -1.14. The summed E-state index contributed by atoms with van der Waals surface area (Å²) in [4.78, 5) is 22.8. The van der Waals surface area contributed by atoms with Gasteiger partial charge in [0.15, 0.2) is 6.10 Å². The van der Waals surface area contributed by atoms with Gasteiger partial charge in [-0.1, -0.05) is 25.4 Å². The van der Waals surface area contributed by atoms with Crippen molar-refractivity contribution < 1.29 is 19.4 Å². The van der Waals surface area contributed by atoms with E-state index in [0.29, 0.717) is 18.2 Å². The number of amides is 1. The van der Waals surface area contributed by atoms with Gasteiger partial charge in [-0.05, 0) is 37.5 Å². The normalized spacial score (nSPS) is 12.0. The molecular weight excluding hydrogens is 294 g/mol. The molecule has 1 atom stereocenters. The van der Waals surface area contributed by atoms with E-state index in [0.717, 1.165) is 6.42 Å². The summed E-state index contributed by atoms with van der Waals surface area (Å²) in [6, 6.07) is 4.28. The number of hydrogen-bond acceptors (Lipinski definition) is 3. The lowest BCUT2D eigenvalue weighted by molar-refractivity contribution is -0.127. The first-order chi connectivity index (χ1) is 9.81. The molecule has 2 N–H and O–H groups in total. The lowest BCUT2D eigenvalue weighted by Crippen LogP contribution is -2.37. The predicted octanol–water partition coefficient (Wildman–Crippen LogP) is 2.97. The molecular formula is C15H20ClNO4. The van der Waals surface area contributed by atoms with Crippen LogP contribution < -0.4 is 10.1 Å². The van der Waals surface area contributed by atoms with Gasteiger partial charge in [0, 0.05) is 6.54 Å². The standard InChI is InChI=1S/C15H20ClNO4/c1-9(2)6-7-17-14(18)10(3)21-11-4-5-13(16)12(8-11)15(19)20/h4-5,8-10H,6-7H2,1-3H3,(H,17,18)(H,19,20). The molecule has 1 aromatic rings. The van der Waals surface area contributed by atoms with Crippen LogP contribution in [0.15, 0.2) is 18.2 Å². The summed E-state index contributed by atoms with van der Waals surface area (Å²) in [5.41, 5.74) is -0.0541. The van der Waals surface area contributed by atoms with Gasteiger partial charge in [-0.3, -0.25) is 4.79 Å². The monoisotopic (exact) mass is 313 g/mol. The maximum absolute atomic E-state index is 11.8. The van der Waals surface area contributed by atoms with Gasteiger partial charge in [-0.2, -0.15) is 0 Å². The molecule has 0 saturated carbocycles. The molecule has 1 unspecified atom stereocenters. The lowest BCUT2D eigenvalue weighted by atomic mass is 10.1. The van der Waals surface area contributed by atoms with Crippen LogP contribution in [0.25, 0.3) is 0 Å². The summed E-state index contributed by atoms with van der Waals surface area (Å²) in [5.74, 6) is -0.568. The molecule has 0 fully saturated rings. The van der Waals surface area contributed by atoms with Crippen LogP contribution in [0.3, 0.4) is 0 Å². The van der Waals surface area contributed by atoms with Crippen molar-refractivity contribution >= 4 is 23.5 Å². The van der Waals surface area contributed by atoms with Crippen molar-refractivity contribution in [3.05, 3.63) is 28.8 Å². The molecule has 0 aromatic heterocycles. The Hall–Kier alpha value is -1.75. The van der Waals surface area contributed by atoms with Crippen LogP contribution in [0.4, 0.5) is 0 Å². The Morgan fingerprint density at radius 3 is 2.57 bits per heavy atom. The molecule has 0 heterocycles. The second-order valence-electron chi connectivity index (χ2n) is 5.18. The van der Waals surface area contributed by atoms with E-state index in [2.05, 4.69) is 19.2 Å². The minimum absolute atomic E-state index is 0.0541. The van der Waals surface area contributed by atoms with Gasteiger partial charge in [0.05, 0.1) is 10.6 Å². The number of halogens is 1. The van der Waals surface area contributed by atoms with Crippen molar-refractivity contribution in [2.45, 2.75) is 33.3 Å². The van der Waals surface area contributed by atoms with Gasteiger partial charge in [0.2, 0.25) is 0 Å². The van der Waals surface area contributed by atoms with Crippen molar-refractivity contribution in [1.82, 2.24) is 5.32 Å². The van der Waals surface area contributed by atoms with E-state index in [1.807, 2.05) is 0 Å². The van der Waals surface area contributed by atoms with E-state index >= 15 is 0 Å². The SMILES string of the molecule is CC(C)CCNC(=O)C(C)Oc1ccc(Cl)c(C(=O)O)c1. The number of nitrogens with one attached hydrogen (secondary N) is 1. The van der Waals surface area contributed by atoms with E-state index in [9.17, 15) is 9.59 Å². The van der Waals surface area contributed by atoms with Crippen LogP contribution in [0.5, 0.6) is 5.75 Å². The fourth-order valence-electron chi connectivity index (χ4n) is 1.63. The topological polar surface area (TPSA) is 75.6 Å². The van der Waals surface area contributed by atoms with E-state index in [1.165, 1.54) is 18.2 Å². The molecule has 0 aliphatic rings. The van der Waals surface area contributed by atoms with E-state index in [4.69, 9.17) is 21.4 Å². The summed E-state index contributed by atoms with van der Waals surface area (Å²) in [6.45, 7) is 6.35. The average molecular weight is 314 g/mol. The average Bonchev–Trinajstić information content (AvgIpc) is 2.40. The molecule has 1 amide bonds. The number of benzene rings is 1. The third kappa shape index (κ3) is 5.63. The van der Waals surface area contributed by atoms with Crippen molar-refractivity contribution in [1.29, 1.82) is 0 Å². The number of aromatic carboxylic acids is 1. The van der Waals surface area contributed by atoms with Crippen LogP contribution >= 0.6 is 11.6 Å². The number of rotatable bonds is 7. The molecule has 21 heavy (non-hydrogen) atoms. The van der Waals surface area contributed by atoms with E-state index < -0.39 is 12.1 Å². The summed E-state index contributed by atoms with van der Waals surface area (Å²) >= 11 is 5.77. The molecule has 0 spiro atoms. The Morgan fingerprint density at radius 1 is 1.33 bits per heavy atom. The van der Waals surface area contributed by atoms with Crippen LogP contribution in [0.1, 0.15) is 37.6 Å². The Balaban J connectivity index is 2.62. The number of carbonyl (C=O) groups is 2. The molecule has 0 aliphatic carbocycles. The highest BCUT2D eigenvalue weighted by molar-refractivity contribution is 6.33. The Morgan fingerprint density at radius 2 is 2.00 bits per heavy atom. The third-order valence-electron chi connectivity index (χ3n) is 2.87. The summed E-state index contributed by atoms with van der Waals surface area (Å²) in [7, 11) is 0. The van der Waals surface area contributed by atoms with Gasteiger partial charge in [-0.15, -0.1) is 0 Å². The zero-order chi connectivity index (χ0) is 16.0. The largest absolute Gasteiger partial charge is 0.481 e. The molecule has 1 aromatic carbocycles. The number of ether oxygens (including phenoxy) is 1. The first-order valence-electron chi connectivity index (χ1n) is 6.78. The zero-order valence-corrected chi connectivity index (χ0v) is 13.1. The van der Waals surface area contributed by atoms with Gasteiger partial charge < -0.3 is 15.2 Å². The summed E-state index contributed by atoms with van der Waals surface area (Å²) in [5, 5.41) is 11.9. The molecule has 1 rings (SSSR count). The van der Waals surface area contributed by atoms with Gasteiger partial charge in [-0.25, -0.2) is 4.79 Å². The van der Waals surface area contributed by atoms with Crippen LogP contribution in [0, 0.1) is 5.92 Å². The molecule has 0 radical (unpaired) electrons. The van der Waals surface area contributed by atoms with Crippen LogP contribution in [-0.4, -0.2) is 29.6 Å². The van der Waals surface area contributed by atoms with Crippen molar-refractivity contribution in [3.8, 4) is 5.75 Å². The van der Waals surface area contributed by atoms with Crippen molar-refractivity contribution in [2.24, 2.45) is 5.92 Å². The minimum Gasteiger partial charge on any atom is -0.481 e. The van der Waals surface area contributed by atoms with Crippen LogP contribution in [0.2, 0.25) is 5.02 Å². The number of carbonyl (C=O) groups excluding carboxylic acids is 1. The van der Waals surface area contributed by atoms with Crippen LogP contribution in [-0.2, 0) is 4.79 Å². The maximum Gasteiger partial charge on any atom is 0.337 e. The molecule has 0 aliphatic heterocycles. The third-order valence-corrected chi connectivity index (χ3v) is 3.20. The lowest BCUT2D eigenvalue weighted by Gasteiger charge is -2.15. The number of carboxylic acids is 1. The summed E-state index contributed by atoms with van der Waals surface area (Å²) < 4.78 is 5.45. The van der Waals surface area contributed by atoms with E-state index in [-0.39, 0.29) is 16.5 Å². The van der Waals surface area contributed by atoms with Gasteiger partial charge in [0.1, 0.15) is 5.75 Å². The Kier molecular flexibility index (Phi) is 6.49. The number of hydrogen-bond donors (Lipinski definition) is 2. The summed E-state index contributed by atoms with van der Waals surface area (Å²) in [6.07, 6.45) is 0.183. The highest BCUT2D eigenvalue weighted by Gasteiger charge is 2.16. The highest BCUT2D eigenvalue weighted by atomic mass is 35.5. The predicted molar refractivity (Wildman–Crippen MR) is 81.0 cm³/mol. The molecule has 0 bridgehead atoms. The first kappa shape index (κ1) is 17.3. The Labute approximate surface area is 129 Å². The fraction of sp³-hybridized carbons (Fsp3) is 0.467. The van der Waals surface area contributed by atoms with Gasteiger partial charge in [0.25, 0.3) is 5.91 Å². The first-order valence-corrected chi connectivity index (χ1v) is 7.16.